The molecule has 0 aromatic heterocycles. The molecule has 0 N–H and O–H groups in total. The minimum atomic E-state index is -0.429. The Morgan fingerprint density at radius 3 is 3.00 bits per heavy atom. The zero-order valence-corrected chi connectivity index (χ0v) is 9.70. The first-order chi connectivity index (χ1) is 8.19. The van der Waals surface area contributed by atoms with Crippen LogP contribution in [-0.2, 0) is 14.3 Å². The van der Waals surface area contributed by atoms with Crippen LogP contribution in [0.15, 0.2) is 12.3 Å². The van der Waals surface area contributed by atoms with E-state index in [1.807, 2.05) is 0 Å². The second kappa shape index (κ2) is 6.60. The van der Waals surface area contributed by atoms with Gasteiger partial charge in [0, 0.05) is 18.8 Å². The van der Waals surface area contributed by atoms with Crippen LogP contribution >= 0.6 is 0 Å². The van der Waals surface area contributed by atoms with E-state index in [1.165, 1.54) is 6.08 Å². The van der Waals surface area contributed by atoms with Gasteiger partial charge < -0.3 is 15.2 Å². The molecule has 0 aromatic rings. The number of likely N-dealkylation sites (tertiary alicyclic amines) is 1. The van der Waals surface area contributed by atoms with Crippen molar-refractivity contribution in [1.82, 2.24) is 4.90 Å². The molecule has 0 unspecified atom stereocenters. The lowest BCUT2D eigenvalue weighted by Crippen LogP contribution is -2.33. The topological polar surface area (TPSA) is 83.0 Å². The Labute approximate surface area is 99.5 Å². The lowest BCUT2D eigenvalue weighted by molar-refractivity contribution is -0.137. The average molecular weight is 237 g/mol. The number of esters is 1. The zero-order valence-electron chi connectivity index (χ0n) is 9.70. The minimum absolute atomic E-state index is 0.265. The molecule has 0 saturated carbocycles. The zero-order chi connectivity index (χ0) is 12.7. The molecule has 1 heterocycles. The molecule has 17 heavy (non-hydrogen) atoms. The quantitative estimate of drug-likeness (QED) is 0.228. The standard InChI is InChI=1S/C11H15N3O3/c1-2-17-11(16)5-7-14-6-3-4-9(14)10(15)8-13-12/h5,7-9H,2-4,6H2,1H3/b7-5+/t9-/m0/s1. The number of Topliss-reactive ketones (excluding diaryl/α,β-unsaturated/α-hetero) is 1. The Bertz CT molecular complexity index is 372. The first-order valence-corrected chi connectivity index (χ1v) is 5.51. The Balaban J connectivity index is 2.60. The molecule has 1 atom stereocenters. The van der Waals surface area contributed by atoms with Crippen molar-refractivity contribution >= 4 is 18.0 Å². The molecule has 0 amide bonds. The van der Waals surface area contributed by atoms with E-state index >= 15 is 0 Å². The van der Waals surface area contributed by atoms with Gasteiger partial charge in [-0.05, 0) is 19.8 Å². The highest BCUT2D eigenvalue weighted by Gasteiger charge is 2.29. The molecule has 1 aliphatic heterocycles. The van der Waals surface area contributed by atoms with Crippen molar-refractivity contribution in [1.29, 1.82) is 0 Å². The number of hydrogen-bond acceptors (Lipinski definition) is 4. The number of nitrogens with zero attached hydrogens (tertiary/aromatic N) is 3. The molecule has 6 nitrogen and oxygen atoms in total. The highest BCUT2D eigenvalue weighted by molar-refractivity contribution is 6.27. The van der Waals surface area contributed by atoms with Crippen molar-refractivity contribution < 1.29 is 19.1 Å². The summed E-state index contributed by atoms with van der Waals surface area (Å²) in [7, 11) is 0. The second-order valence-electron chi connectivity index (χ2n) is 3.61. The maximum Gasteiger partial charge on any atom is 0.332 e. The first kappa shape index (κ1) is 13.1. The van der Waals surface area contributed by atoms with E-state index < -0.39 is 5.97 Å². The lowest BCUT2D eigenvalue weighted by Gasteiger charge is -2.18. The van der Waals surface area contributed by atoms with E-state index in [-0.39, 0.29) is 11.8 Å². The van der Waals surface area contributed by atoms with Crippen LogP contribution in [0.2, 0.25) is 0 Å². The number of ketones is 1. The summed E-state index contributed by atoms with van der Waals surface area (Å²) >= 11 is 0. The van der Waals surface area contributed by atoms with Gasteiger partial charge in [-0.1, -0.05) is 0 Å². The van der Waals surface area contributed by atoms with Crippen LogP contribution in [0.3, 0.4) is 0 Å². The molecule has 0 bridgehead atoms. The van der Waals surface area contributed by atoms with E-state index in [0.29, 0.717) is 19.6 Å². The Morgan fingerprint density at radius 2 is 2.35 bits per heavy atom. The van der Waals surface area contributed by atoms with Crippen LogP contribution in [0.5, 0.6) is 0 Å². The summed E-state index contributed by atoms with van der Waals surface area (Å²) in [6, 6.07) is -0.350. The van der Waals surface area contributed by atoms with Crippen molar-refractivity contribution in [2.75, 3.05) is 13.2 Å². The monoisotopic (exact) mass is 237 g/mol. The third-order valence-corrected chi connectivity index (χ3v) is 2.50. The predicted molar refractivity (Wildman–Crippen MR) is 60.2 cm³/mol. The van der Waals surface area contributed by atoms with Crippen molar-refractivity contribution in [2.24, 2.45) is 0 Å². The van der Waals surface area contributed by atoms with Gasteiger partial charge in [-0.25, -0.2) is 4.79 Å². The number of rotatable bonds is 5. The number of carbonyl (C=O) groups is 2. The van der Waals surface area contributed by atoms with E-state index in [1.54, 1.807) is 18.0 Å². The third kappa shape index (κ3) is 3.85. The van der Waals surface area contributed by atoms with Gasteiger partial charge in [0.25, 0.3) is 5.78 Å². The van der Waals surface area contributed by atoms with E-state index in [2.05, 4.69) is 4.79 Å². The maximum atomic E-state index is 11.5. The van der Waals surface area contributed by atoms with Crippen LogP contribution < -0.4 is 0 Å². The molecular formula is C11H15N3O3. The summed E-state index contributed by atoms with van der Waals surface area (Å²) in [5.41, 5.74) is 8.31. The van der Waals surface area contributed by atoms with Crippen molar-refractivity contribution in [3.05, 3.63) is 17.8 Å². The maximum absolute atomic E-state index is 11.5. The van der Waals surface area contributed by atoms with Gasteiger partial charge in [0.2, 0.25) is 0 Å². The van der Waals surface area contributed by atoms with Gasteiger partial charge in [-0.3, -0.25) is 4.79 Å². The van der Waals surface area contributed by atoms with E-state index in [0.717, 1.165) is 12.6 Å². The Kier molecular flexibility index (Phi) is 5.10. The summed E-state index contributed by atoms with van der Waals surface area (Å²) in [4.78, 5) is 27.1. The van der Waals surface area contributed by atoms with E-state index in [9.17, 15) is 9.59 Å². The summed E-state index contributed by atoms with van der Waals surface area (Å²) in [6.07, 6.45) is 5.30. The molecule has 1 rings (SSSR count). The number of hydrogen-bond donors (Lipinski definition) is 0. The van der Waals surface area contributed by atoms with Gasteiger partial charge in [-0.15, -0.1) is 0 Å². The summed E-state index contributed by atoms with van der Waals surface area (Å²) in [5.74, 6) is -0.695. The van der Waals surface area contributed by atoms with Crippen LogP contribution in [0.25, 0.3) is 5.53 Å². The number of ether oxygens (including phenoxy) is 1. The number of carbonyl (C=O) groups excluding carboxylic acids is 2. The molecular weight excluding hydrogens is 222 g/mol. The largest absolute Gasteiger partial charge is 0.463 e. The van der Waals surface area contributed by atoms with Crippen LogP contribution in [0, 0.1) is 0 Å². The fourth-order valence-electron chi connectivity index (χ4n) is 1.76. The smallest absolute Gasteiger partial charge is 0.332 e. The summed E-state index contributed by atoms with van der Waals surface area (Å²) in [6.45, 7) is 2.75. The van der Waals surface area contributed by atoms with Crippen molar-refractivity contribution in [3.63, 3.8) is 0 Å². The second-order valence-corrected chi connectivity index (χ2v) is 3.61. The molecule has 1 saturated heterocycles. The van der Waals surface area contributed by atoms with Gasteiger partial charge in [0.1, 0.15) is 0 Å². The minimum Gasteiger partial charge on any atom is -0.463 e. The van der Waals surface area contributed by atoms with Crippen molar-refractivity contribution in [3.8, 4) is 0 Å². The molecule has 6 heteroatoms. The van der Waals surface area contributed by atoms with Gasteiger partial charge in [-0.2, -0.15) is 4.79 Å². The molecule has 0 radical (unpaired) electrons. The van der Waals surface area contributed by atoms with E-state index in [4.69, 9.17) is 10.3 Å². The fraction of sp³-hybridized carbons (Fsp3) is 0.545. The van der Waals surface area contributed by atoms with Crippen LogP contribution in [0.1, 0.15) is 19.8 Å². The summed E-state index contributed by atoms with van der Waals surface area (Å²) in [5, 5.41) is 0. The molecule has 1 fully saturated rings. The molecule has 0 spiro atoms. The first-order valence-electron chi connectivity index (χ1n) is 5.51. The molecule has 92 valence electrons. The third-order valence-electron chi connectivity index (χ3n) is 2.50. The predicted octanol–water partition coefficient (Wildman–Crippen LogP) is 0.397. The van der Waals surface area contributed by atoms with Gasteiger partial charge in [0.15, 0.2) is 0 Å². The average Bonchev–Trinajstić information content (AvgIpc) is 2.75. The summed E-state index contributed by atoms with van der Waals surface area (Å²) < 4.78 is 4.74. The fourth-order valence-corrected chi connectivity index (χ4v) is 1.76. The Morgan fingerprint density at radius 1 is 1.59 bits per heavy atom. The van der Waals surface area contributed by atoms with Gasteiger partial charge in [0.05, 0.1) is 12.6 Å². The van der Waals surface area contributed by atoms with Crippen molar-refractivity contribution in [2.45, 2.75) is 25.8 Å². The van der Waals surface area contributed by atoms with Crippen LogP contribution in [-0.4, -0.2) is 46.9 Å². The van der Waals surface area contributed by atoms with Crippen LogP contribution in [0.4, 0.5) is 0 Å². The molecule has 0 aromatic carbocycles. The highest BCUT2D eigenvalue weighted by atomic mass is 16.5. The molecule has 0 aliphatic carbocycles. The van der Waals surface area contributed by atoms with Gasteiger partial charge >= 0.3 is 12.2 Å². The highest BCUT2D eigenvalue weighted by Crippen LogP contribution is 2.17. The Hall–Kier alpha value is -1.94. The molecule has 1 aliphatic rings. The normalized spacial score (nSPS) is 19.1. The lowest BCUT2D eigenvalue weighted by atomic mass is 10.1. The SMILES string of the molecule is CCOC(=O)/C=C/N1CCC[C@H]1C(=O)C=[N+]=[N-].